The van der Waals surface area contributed by atoms with Gasteiger partial charge in [-0.15, -0.1) is 0 Å². The van der Waals surface area contributed by atoms with E-state index in [0.717, 1.165) is 12.8 Å². The summed E-state index contributed by atoms with van der Waals surface area (Å²) in [5.41, 5.74) is 0. The van der Waals surface area contributed by atoms with Gasteiger partial charge in [-0.3, -0.25) is 4.79 Å². The van der Waals surface area contributed by atoms with Crippen molar-refractivity contribution in [2.75, 3.05) is 13.1 Å². The zero-order valence-electron chi connectivity index (χ0n) is 8.77. The van der Waals surface area contributed by atoms with Crippen molar-refractivity contribution in [3.05, 3.63) is 0 Å². The van der Waals surface area contributed by atoms with Crippen LogP contribution in [0.1, 0.15) is 26.2 Å². The van der Waals surface area contributed by atoms with Crippen LogP contribution in [0, 0.1) is 0 Å². The third-order valence-electron chi connectivity index (χ3n) is 2.95. The van der Waals surface area contributed by atoms with Gasteiger partial charge in [-0.25, -0.2) is 8.42 Å². The van der Waals surface area contributed by atoms with Crippen molar-refractivity contribution in [2.24, 2.45) is 0 Å². The monoisotopic (exact) mass is 232 g/mol. The SMILES string of the molecule is CCN(C1CCNC1=O)S(=O)(=O)C1CC1. The number of likely N-dealkylation sites (N-methyl/N-ethyl adjacent to an activating group) is 1. The highest BCUT2D eigenvalue weighted by atomic mass is 32.2. The maximum absolute atomic E-state index is 12.0. The number of hydrogen-bond donors (Lipinski definition) is 1. The molecule has 2 aliphatic rings. The van der Waals surface area contributed by atoms with Crippen molar-refractivity contribution < 1.29 is 13.2 Å². The second-order valence-corrected chi connectivity index (χ2v) is 6.21. The van der Waals surface area contributed by atoms with E-state index in [1.807, 2.05) is 0 Å². The largest absolute Gasteiger partial charge is 0.355 e. The number of nitrogens with zero attached hydrogens (tertiary/aromatic N) is 1. The number of carbonyl (C=O) groups excluding carboxylic acids is 1. The Hall–Kier alpha value is -0.620. The van der Waals surface area contributed by atoms with Gasteiger partial charge in [-0.05, 0) is 19.3 Å². The van der Waals surface area contributed by atoms with Gasteiger partial charge in [-0.1, -0.05) is 6.92 Å². The van der Waals surface area contributed by atoms with Gasteiger partial charge in [0.05, 0.1) is 5.25 Å². The molecule has 1 heterocycles. The highest BCUT2D eigenvalue weighted by Crippen LogP contribution is 2.32. The molecule has 2 rings (SSSR count). The molecule has 86 valence electrons. The lowest BCUT2D eigenvalue weighted by Gasteiger charge is -2.24. The molecule has 2 fully saturated rings. The van der Waals surface area contributed by atoms with Crippen molar-refractivity contribution in [2.45, 2.75) is 37.5 Å². The third kappa shape index (κ3) is 1.88. The van der Waals surface area contributed by atoms with Crippen LogP contribution in [-0.2, 0) is 14.8 Å². The number of nitrogens with one attached hydrogen (secondary N) is 1. The first-order chi connectivity index (χ1) is 7.07. The minimum Gasteiger partial charge on any atom is -0.355 e. The zero-order valence-corrected chi connectivity index (χ0v) is 9.59. The highest BCUT2D eigenvalue weighted by molar-refractivity contribution is 7.90. The maximum atomic E-state index is 12.0. The fourth-order valence-corrected chi connectivity index (χ4v) is 4.02. The lowest BCUT2D eigenvalue weighted by atomic mass is 10.2. The van der Waals surface area contributed by atoms with Crippen LogP contribution in [0.3, 0.4) is 0 Å². The van der Waals surface area contributed by atoms with E-state index in [1.165, 1.54) is 4.31 Å². The minimum absolute atomic E-state index is 0.152. The molecule has 15 heavy (non-hydrogen) atoms. The molecule has 0 radical (unpaired) electrons. The van der Waals surface area contributed by atoms with Crippen LogP contribution in [0.2, 0.25) is 0 Å². The van der Waals surface area contributed by atoms with E-state index < -0.39 is 16.1 Å². The van der Waals surface area contributed by atoms with Crippen molar-refractivity contribution in [3.63, 3.8) is 0 Å². The fourth-order valence-electron chi connectivity index (χ4n) is 1.99. The van der Waals surface area contributed by atoms with Gasteiger partial charge in [0.25, 0.3) is 0 Å². The van der Waals surface area contributed by atoms with Gasteiger partial charge in [0.15, 0.2) is 0 Å². The molecule has 0 bridgehead atoms. The normalized spacial score (nSPS) is 27.1. The smallest absolute Gasteiger partial charge is 0.238 e. The summed E-state index contributed by atoms with van der Waals surface area (Å²) in [5, 5.41) is 2.44. The molecule has 1 atom stereocenters. The topological polar surface area (TPSA) is 66.5 Å². The van der Waals surface area contributed by atoms with E-state index in [1.54, 1.807) is 6.92 Å². The number of rotatable bonds is 4. The Bertz CT molecular complexity index is 362. The van der Waals surface area contributed by atoms with Crippen LogP contribution in [0.4, 0.5) is 0 Å². The Morgan fingerprint density at radius 3 is 2.47 bits per heavy atom. The first-order valence-corrected chi connectivity index (χ1v) is 6.86. The van der Waals surface area contributed by atoms with Crippen molar-refractivity contribution in [1.29, 1.82) is 0 Å². The van der Waals surface area contributed by atoms with Gasteiger partial charge in [0, 0.05) is 13.1 Å². The third-order valence-corrected chi connectivity index (χ3v) is 5.43. The molecule has 1 aliphatic heterocycles. The van der Waals surface area contributed by atoms with E-state index in [0.29, 0.717) is 19.5 Å². The number of carbonyl (C=O) groups is 1. The van der Waals surface area contributed by atoms with Crippen LogP contribution in [0.5, 0.6) is 0 Å². The summed E-state index contributed by atoms with van der Waals surface area (Å²) in [6.45, 7) is 2.75. The Balaban J connectivity index is 2.19. The van der Waals surface area contributed by atoms with Gasteiger partial charge >= 0.3 is 0 Å². The van der Waals surface area contributed by atoms with Crippen LogP contribution in [-0.4, -0.2) is 43.0 Å². The van der Waals surface area contributed by atoms with Gasteiger partial charge < -0.3 is 5.32 Å². The molecule has 1 aliphatic carbocycles. The maximum Gasteiger partial charge on any atom is 0.238 e. The van der Waals surface area contributed by atoms with Gasteiger partial charge in [-0.2, -0.15) is 4.31 Å². The number of sulfonamides is 1. The molecule has 5 nitrogen and oxygen atoms in total. The van der Waals surface area contributed by atoms with Crippen molar-refractivity contribution in [3.8, 4) is 0 Å². The molecule has 0 aromatic carbocycles. The van der Waals surface area contributed by atoms with E-state index in [-0.39, 0.29) is 11.2 Å². The Morgan fingerprint density at radius 2 is 2.07 bits per heavy atom. The minimum atomic E-state index is -3.22. The summed E-state index contributed by atoms with van der Waals surface area (Å²) in [4.78, 5) is 11.4. The molecule has 1 unspecified atom stereocenters. The highest BCUT2D eigenvalue weighted by Gasteiger charge is 2.44. The quantitative estimate of drug-likeness (QED) is 0.723. The van der Waals surface area contributed by atoms with E-state index >= 15 is 0 Å². The van der Waals surface area contributed by atoms with Crippen LogP contribution in [0.25, 0.3) is 0 Å². The number of hydrogen-bond acceptors (Lipinski definition) is 3. The standard InChI is InChI=1S/C9H16N2O3S/c1-2-11(8-5-6-10-9(8)12)15(13,14)7-3-4-7/h7-8H,2-6H2,1H3,(H,10,12). The lowest BCUT2D eigenvalue weighted by Crippen LogP contribution is -2.45. The zero-order chi connectivity index (χ0) is 11.1. The van der Waals surface area contributed by atoms with Gasteiger partial charge in [0.1, 0.15) is 6.04 Å². The van der Waals surface area contributed by atoms with E-state index in [2.05, 4.69) is 5.32 Å². The summed E-state index contributed by atoms with van der Waals surface area (Å²) >= 11 is 0. The number of amides is 1. The Labute approximate surface area is 89.9 Å². The van der Waals surface area contributed by atoms with Crippen LogP contribution in [0.15, 0.2) is 0 Å². The Morgan fingerprint density at radius 1 is 1.40 bits per heavy atom. The summed E-state index contributed by atoms with van der Waals surface area (Å²) < 4.78 is 25.4. The molecule has 0 aromatic heterocycles. The predicted molar refractivity (Wildman–Crippen MR) is 55.7 cm³/mol. The molecular formula is C9H16N2O3S. The average molecular weight is 232 g/mol. The summed E-state index contributed by atoms with van der Waals surface area (Å²) in [6, 6.07) is -0.472. The first kappa shape index (κ1) is 10.9. The van der Waals surface area contributed by atoms with Crippen LogP contribution >= 0.6 is 0 Å². The second kappa shape index (κ2) is 3.75. The molecule has 1 saturated heterocycles. The Kier molecular flexibility index (Phi) is 2.72. The second-order valence-electron chi connectivity index (χ2n) is 4.04. The van der Waals surface area contributed by atoms with E-state index in [4.69, 9.17) is 0 Å². The van der Waals surface area contributed by atoms with E-state index in [9.17, 15) is 13.2 Å². The summed E-state index contributed by atoms with van der Waals surface area (Å²) in [5.74, 6) is -0.152. The molecule has 1 saturated carbocycles. The first-order valence-electron chi connectivity index (χ1n) is 5.35. The predicted octanol–water partition coefficient (Wildman–Crippen LogP) is -0.311. The molecule has 6 heteroatoms. The summed E-state index contributed by atoms with van der Waals surface area (Å²) in [6.07, 6.45) is 2.08. The molecule has 1 N–H and O–H groups in total. The molecule has 0 aromatic rings. The molecule has 0 spiro atoms. The van der Waals surface area contributed by atoms with Gasteiger partial charge in [0.2, 0.25) is 15.9 Å². The van der Waals surface area contributed by atoms with Crippen molar-refractivity contribution in [1.82, 2.24) is 9.62 Å². The average Bonchev–Trinajstić information content (AvgIpc) is 2.94. The fraction of sp³-hybridized carbons (Fsp3) is 0.889. The lowest BCUT2D eigenvalue weighted by molar-refractivity contribution is -0.122. The van der Waals surface area contributed by atoms with Crippen LogP contribution < -0.4 is 5.32 Å². The van der Waals surface area contributed by atoms with Crippen molar-refractivity contribution >= 4 is 15.9 Å². The molecule has 1 amide bonds. The summed E-state index contributed by atoms with van der Waals surface area (Å²) in [7, 11) is -3.22. The molecular weight excluding hydrogens is 216 g/mol.